The van der Waals surface area contributed by atoms with Gasteiger partial charge in [-0.25, -0.2) is 12.8 Å². The number of hydrogen-bond acceptors (Lipinski definition) is 3. The van der Waals surface area contributed by atoms with Crippen LogP contribution in [0, 0.1) is 5.82 Å². The molecule has 1 fully saturated rings. The molecule has 1 amide bonds. The molecule has 0 aliphatic carbocycles. The molecule has 5 nitrogen and oxygen atoms in total. The summed E-state index contributed by atoms with van der Waals surface area (Å²) in [4.78, 5) is 12.3. The minimum Gasteiger partial charge on any atom is -0.322 e. The quantitative estimate of drug-likeness (QED) is 0.879. The standard InChI is InChI=1S/C17H16ClFN2O3S/c18-12-4-3-5-13(10-12)20-17(22)15-11-14(6-7-16(15)19)25(23,24)21-8-1-2-9-21/h3-7,10-11H,1-2,8-9H2,(H,20,22). The van der Waals surface area contributed by atoms with Gasteiger partial charge in [0.15, 0.2) is 0 Å². The summed E-state index contributed by atoms with van der Waals surface area (Å²) >= 11 is 5.85. The van der Waals surface area contributed by atoms with E-state index in [2.05, 4.69) is 5.32 Å². The molecular formula is C17H16ClFN2O3S. The van der Waals surface area contributed by atoms with Gasteiger partial charge in [-0.15, -0.1) is 0 Å². The van der Waals surface area contributed by atoms with Gasteiger partial charge in [-0.05, 0) is 49.2 Å². The lowest BCUT2D eigenvalue weighted by Gasteiger charge is -2.16. The molecule has 3 rings (SSSR count). The second-order valence-corrected chi connectivity index (χ2v) is 8.09. The number of amides is 1. The van der Waals surface area contributed by atoms with Crippen LogP contribution in [0.4, 0.5) is 10.1 Å². The van der Waals surface area contributed by atoms with Crippen LogP contribution in [0.15, 0.2) is 47.4 Å². The van der Waals surface area contributed by atoms with Crippen LogP contribution in [-0.2, 0) is 10.0 Å². The Morgan fingerprint density at radius 1 is 1.12 bits per heavy atom. The number of nitrogens with one attached hydrogen (secondary N) is 1. The predicted octanol–water partition coefficient (Wildman–Crippen LogP) is 3.52. The summed E-state index contributed by atoms with van der Waals surface area (Å²) in [6.07, 6.45) is 1.59. The van der Waals surface area contributed by atoms with Gasteiger partial charge in [0.25, 0.3) is 5.91 Å². The van der Waals surface area contributed by atoms with Crippen molar-refractivity contribution in [1.82, 2.24) is 4.31 Å². The molecule has 0 saturated carbocycles. The van der Waals surface area contributed by atoms with E-state index in [-0.39, 0.29) is 10.5 Å². The maximum absolute atomic E-state index is 14.1. The molecule has 1 heterocycles. The smallest absolute Gasteiger partial charge is 0.258 e. The zero-order chi connectivity index (χ0) is 18.0. The van der Waals surface area contributed by atoms with Crippen LogP contribution in [0.3, 0.4) is 0 Å². The second kappa shape index (κ2) is 7.11. The van der Waals surface area contributed by atoms with Crippen molar-refractivity contribution in [3.8, 4) is 0 Å². The molecule has 132 valence electrons. The molecule has 8 heteroatoms. The van der Waals surface area contributed by atoms with Crippen LogP contribution in [0.2, 0.25) is 5.02 Å². The van der Waals surface area contributed by atoms with Crippen molar-refractivity contribution in [3.05, 3.63) is 58.9 Å². The van der Waals surface area contributed by atoms with Crippen molar-refractivity contribution in [2.75, 3.05) is 18.4 Å². The highest BCUT2D eigenvalue weighted by atomic mass is 35.5. The number of hydrogen-bond donors (Lipinski definition) is 1. The first kappa shape index (κ1) is 17.8. The number of carbonyl (C=O) groups excluding carboxylic acids is 1. The molecule has 2 aromatic carbocycles. The summed E-state index contributed by atoms with van der Waals surface area (Å²) in [6, 6.07) is 9.65. The average Bonchev–Trinajstić information content (AvgIpc) is 3.10. The highest BCUT2D eigenvalue weighted by Crippen LogP contribution is 2.23. The summed E-state index contributed by atoms with van der Waals surface area (Å²) < 4.78 is 40.6. The van der Waals surface area contributed by atoms with Gasteiger partial charge in [0.2, 0.25) is 10.0 Å². The Balaban J connectivity index is 1.90. The van der Waals surface area contributed by atoms with Gasteiger partial charge in [0, 0.05) is 23.8 Å². The van der Waals surface area contributed by atoms with Gasteiger partial charge >= 0.3 is 0 Å². The van der Waals surface area contributed by atoms with Crippen molar-refractivity contribution < 1.29 is 17.6 Å². The number of sulfonamides is 1. The van der Waals surface area contributed by atoms with Crippen LogP contribution in [-0.4, -0.2) is 31.7 Å². The van der Waals surface area contributed by atoms with Crippen molar-refractivity contribution in [1.29, 1.82) is 0 Å². The lowest BCUT2D eigenvalue weighted by atomic mass is 10.2. The van der Waals surface area contributed by atoms with E-state index in [0.717, 1.165) is 25.0 Å². The molecule has 0 radical (unpaired) electrons. The van der Waals surface area contributed by atoms with Crippen LogP contribution in [0.1, 0.15) is 23.2 Å². The van der Waals surface area contributed by atoms with Gasteiger partial charge < -0.3 is 5.32 Å². The molecule has 0 spiro atoms. The van der Waals surface area contributed by atoms with Crippen LogP contribution in [0.25, 0.3) is 0 Å². The number of nitrogens with zero attached hydrogens (tertiary/aromatic N) is 1. The Labute approximate surface area is 150 Å². The second-order valence-electron chi connectivity index (χ2n) is 5.72. The van der Waals surface area contributed by atoms with Gasteiger partial charge in [-0.2, -0.15) is 4.31 Å². The normalized spacial score (nSPS) is 15.3. The number of carbonyl (C=O) groups is 1. The van der Waals surface area contributed by atoms with Gasteiger partial charge in [0.1, 0.15) is 5.82 Å². The summed E-state index contributed by atoms with van der Waals surface area (Å²) in [6.45, 7) is 0.869. The molecule has 1 aliphatic rings. The first-order valence-electron chi connectivity index (χ1n) is 7.74. The minimum absolute atomic E-state index is 0.0907. The topological polar surface area (TPSA) is 66.5 Å². The number of rotatable bonds is 4. The van der Waals surface area contributed by atoms with E-state index in [9.17, 15) is 17.6 Å². The molecule has 0 bridgehead atoms. The van der Waals surface area contributed by atoms with E-state index in [0.29, 0.717) is 23.8 Å². The van der Waals surface area contributed by atoms with E-state index in [1.54, 1.807) is 18.2 Å². The summed E-state index contributed by atoms with van der Waals surface area (Å²) in [7, 11) is -3.73. The third-order valence-corrected chi connectivity index (χ3v) is 6.10. The number of halogens is 2. The van der Waals surface area contributed by atoms with Gasteiger partial charge in [-0.1, -0.05) is 17.7 Å². The third-order valence-electron chi connectivity index (χ3n) is 3.97. The van der Waals surface area contributed by atoms with Crippen LogP contribution >= 0.6 is 11.6 Å². The van der Waals surface area contributed by atoms with E-state index >= 15 is 0 Å². The average molecular weight is 383 g/mol. The Bertz CT molecular complexity index is 912. The largest absolute Gasteiger partial charge is 0.322 e. The fraction of sp³-hybridized carbons (Fsp3) is 0.235. The Morgan fingerprint density at radius 2 is 1.84 bits per heavy atom. The lowest BCUT2D eigenvalue weighted by molar-refractivity contribution is 0.102. The first-order valence-corrected chi connectivity index (χ1v) is 9.56. The first-order chi connectivity index (χ1) is 11.9. The maximum atomic E-state index is 14.1. The highest BCUT2D eigenvalue weighted by molar-refractivity contribution is 7.89. The number of benzene rings is 2. The molecule has 0 atom stereocenters. The zero-order valence-corrected chi connectivity index (χ0v) is 14.8. The van der Waals surface area contributed by atoms with E-state index in [1.807, 2.05) is 0 Å². The summed E-state index contributed by atoms with van der Waals surface area (Å²) in [5, 5.41) is 2.94. The Morgan fingerprint density at radius 3 is 2.52 bits per heavy atom. The molecule has 1 saturated heterocycles. The van der Waals surface area contributed by atoms with E-state index in [4.69, 9.17) is 11.6 Å². The SMILES string of the molecule is O=C(Nc1cccc(Cl)c1)c1cc(S(=O)(=O)N2CCCC2)ccc1F. The minimum atomic E-state index is -3.73. The zero-order valence-electron chi connectivity index (χ0n) is 13.2. The fourth-order valence-electron chi connectivity index (χ4n) is 2.68. The summed E-state index contributed by atoms with van der Waals surface area (Å²) in [5.74, 6) is -1.53. The third kappa shape index (κ3) is 3.84. The van der Waals surface area contributed by atoms with Crippen LogP contribution in [0.5, 0.6) is 0 Å². The molecule has 1 N–H and O–H groups in total. The molecule has 1 aliphatic heterocycles. The monoisotopic (exact) mass is 382 g/mol. The van der Waals surface area contributed by atoms with Crippen molar-refractivity contribution in [3.63, 3.8) is 0 Å². The summed E-state index contributed by atoms with van der Waals surface area (Å²) in [5.41, 5.74) is 0.0601. The van der Waals surface area contributed by atoms with Crippen LogP contribution < -0.4 is 5.32 Å². The predicted molar refractivity (Wildman–Crippen MR) is 93.8 cm³/mol. The maximum Gasteiger partial charge on any atom is 0.258 e. The van der Waals surface area contributed by atoms with E-state index < -0.39 is 21.7 Å². The molecule has 0 aromatic heterocycles. The Kier molecular flexibility index (Phi) is 5.08. The molecule has 0 unspecified atom stereocenters. The fourth-order valence-corrected chi connectivity index (χ4v) is 4.42. The highest BCUT2D eigenvalue weighted by Gasteiger charge is 2.28. The lowest BCUT2D eigenvalue weighted by Crippen LogP contribution is -2.28. The van der Waals surface area contributed by atoms with Gasteiger partial charge in [-0.3, -0.25) is 4.79 Å². The number of anilines is 1. The molecule has 2 aromatic rings. The van der Waals surface area contributed by atoms with Crippen molar-refractivity contribution in [2.24, 2.45) is 0 Å². The van der Waals surface area contributed by atoms with E-state index in [1.165, 1.54) is 16.4 Å². The van der Waals surface area contributed by atoms with Crippen molar-refractivity contribution in [2.45, 2.75) is 17.7 Å². The van der Waals surface area contributed by atoms with Gasteiger partial charge in [0.05, 0.1) is 10.5 Å². The molecular weight excluding hydrogens is 367 g/mol. The Hall–Kier alpha value is -1.96. The van der Waals surface area contributed by atoms with Crippen molar-refractivity contribution >= 4 is 33.2 Å². The molecule has 25 heavy (non-hydrogen) atoms.